The van der Waals surface area contributed by atoms with Gasteiger partial charge in [-0.1, -0.05) is 12.1 Å². The smallest absolute Gasteiger partial charge is 0.313 e. The van der Waals surface area contributed by atoms with Gasteiger partial charge in [0.15, 0.2) is 5.69 Å². The second-order valence-corrected chi connectivity index (χ2v) is 6.32. The van der Waals surface area contributed by atoms with E-state index in [1.54, 1.807) is 12.1 Å². The lowest BCUT2D eigenvalue weighted by atomic mass is 10.0. The van der Waals surface area contributed by atoms with Crippen LogP contribution >= 0.6 is 0 Å². The van der Waals surface area contributed by atoms with E-state index in [0.717, 1.165) is 12.0 Å². The van der Waals surface area contributed by atoms with Crippen LogP contribution in [0.5, 0.6) is 0 Å². The topological polar surface area (TPSA) is 139 Å². The van der Waals surface area contributed by atoms with Crippen molar-refractivity contribution < 1.29 is 0 Å². The summed E-state index contributed by atoms with van der Waals surface area (Å²) in [4.78, 5) is 27.8. The van der Waals surface area contributed by atoms with Crippen molar-refractivity contribution in [2.24, 2.45) is 0 Å². The van der Waals surface area contributed by atoms with Gasteiger partial charge in [0.25, 0.3) is 5.56 Å². The molecule has 1 aliphatic rings. The number of aromatic amines is 2. The maximum Gasteiger partial charge on any atom is 0.325 e. The highest BCUT2D eigenvalue weighted by Gasteiger charge is 2.41. The SMILES string of the molecule is N#Cc1cccc(C2C[C@@H]2c2cc(-c3c[nH]c(=O)[nH]c3=O)nnc2C#N)c1. The van der Waals surface area contributed by atoms with Gasteiger partial charge in [-0.05, 0) is 47.6 Å². The fourth-order valence-corrected chi connectivity index (χ4v) is 3.25. The number of aromatic nitrogens is 4. The molecule has 0 aliphatic heterocycles. The van der Waals surface area contributed by atoms with Crippen molar-refractivity contribution in [3.05, 3.63) is 79.8 Å². The van der Waals surface area contributed by atoms with E-state index < -0.39 is 11.2 Å². The number of hydrogen-bond acceptors (Lipinski definition) is 6. The molecule has 1 aromatic carbocycles. The Labute approximate surface area is 152 Å². The van der Waals surface area contributed by atoms with E-state index in [1.165, 1.54) is 6.20 Å². The van der Waals surface area contributed by atoms with Crippen molar-refractivity contribution in [3.8, 4) is 23.4 Å². The highest BCUT2D eigenvalue weighted by atomic mass is 16.2. The van der Waals surface area contributed by atoms with Crippen molar-refractivity contribution in [3.63, 3.8) is 0 Å². The number of nitrogens with zero attached hydrogens (tertiary/aromatic N) is 4. The maximum absolute atomic E-state index is 12.0. The Bertz CT molecular complexity index is 1240. The second kappa shape index (κ2) is 6.36. The van der Waals surface area contributed by atoms with Gasteiger partial charge >= 0.3 is 5.69 Å². The molecule has 3 aromatic rings. The van der Waals surface area contributed by atoms with Gasteiger partial charge in [0.05, 0.1) is 17.2 Å². The number of rotatable bonds is 3. The van der Waals surface area contributed by atoms with Crippen LogP contribution in [0.3, 0.4) is 0 Å². The number of nitrogens with one attached hydrogen (secondary N) is 2. The molecule has 130 valence electrons. The standard InChI is InChI=1S/C19H12N6O2/c20-7-10-2-1-3-11(4-10)12-5-13(12)14-6-16(24-25-17(14)8-21)15-9-22-19(27)23-18(15)26/h1-4,6,9,12-13H,5H2,(H2,22,23,26,27)/t12?,13-/m0/s1. The molecular formula is C19H12N6O2. The molecule has 8 nitrogen and oxygen atoms in total. The second-order valence-electron chi connectivity index (χ2n) is 6.32. The molecule has 0 bridgehead atoms. The molecule has 27 heavy (non-hydrogen) atoms. The minimum atomic E-state index is -0.606. The predicted molar refractivity (Wildman–Crippen MR) is 94.7 cm³/mol. The van der Waals surface area contributed by atoms with Crippen LogP contribution in [0.25, 0.3) is 11.3 Å². The summed E-state index contributed by atoms with van der Waals surface area (Å²) in [6.45, 7) is 0. The number of nitriles is 2. The largest absolute Gasteiger partial charge is 0.325 e. The maximum atomic E-state index is 12.0. The summed E-state index contributed by atoms with van der Waals surface area (Å²) in [6.07, 6.45) is 2.10. The van der Waals surface area contributed by atoms with E-state index in [4.69, 9.17) is 5.26 Å². The normalized spacial score (nSPS) is 17.7. The van der Waals surface area contributed by atoms with Crippen molar-refractivity contribution in [1.82, 2.24) is 20.2 Å². The van der Waals surface area contributed by atoms with E-state index in [2.05, 4.69) is 26.2 Å². The summed E-state index contributed by atoms with van der Waals surface area (Å²) in [7, 11) is 0. The first-order valence-electron chi connectivity index (χ1n) is 8.21. The molecule has 2 heterocycles. The highest BCUT2D eigenvalue weighted by molar-refractivity contribution is 5.59. The molecule has 0 amide bonds. The van der Waals surface area contributed by atoms with E-state index >= 15 is 0 Å². The molecule has 1 aliphatic carbocycles. The number of benzene rings is 1. The van der Waals surface area contributed by atoms with Gasteiger partial charge in [-0.15, -0.1) is 10.2 Å². The Kier molecular flexibility index (Phi) is 3.87. The summed E-state index contributed by atoms with van der Waals surface area (Å²) in [5.41, 5.74) is 1.83. The Morgan fingerprint density at radius 1 is 1.07 bits per heavy atom. The average Bonchev–Trinajstić information content (AvgIpc) is 3.48. The van der Waals surface area contributed by atoms with E-state index in [9.17, 15) is 14.9 Å². The Balaban J connectivity index is 1.73. The van der Waals surface area contributed by atoms with Crippen molar-refractivity contribution >= 4 is 0 Å². The zero-order valence-electron chi connectivity index (χ0n) is 13.9. The monoisotopic (exact) mass is 356 g/mol. The zero-order chi connectivity index (χ0) is 19.0. The molecular weight excluding hydrogens is 344 g/mol. The number of hydrogen-bond donors (Lipinski definition) is 2. The molecule has 0 saturated heterocycles. The fourth-order valence-electron chi connectivity index (χ4n) is 3.25. The van der Waals surface area contributed by atoms with Crippen molar-refractivity contribution in [2.75, 3.05) is 0 Å². The average molecular weight is 356 g/mol. The van der Waals surface area contributed by atoms with Gasteiger partial charge in [0, 0.05) is 6.20 Å². The first-order chi connectivity index (χ1) is 13.1. The summed E-state index contributed by atoms with van der Waals surface area (Å²) < 4.78 is 0. The fraction of sp³-hybridized carbons (Fsp3) is 0.158. The van der Waals surface area contributed by atoms with Gasteiger partial charge in [-0.25, -0.2) is 4.79 Å². The summed E-state index contributed by atoms with van der Waals surface area (Å²) in [5, 5.41) is 26.3. The first kappa shape index (κ1) is 16.4. The summed E-state index contributed by atoms with van der Waals surface area (Å²) in [5.74, 6) is 0.237. The lowest BCUT2D eigenvalue weighted by Gasteiger charge is -2.06. The summed E-state index contributed by atoms with van der Waals surface area (Å²) >= 11 is 0. The van der Waals surface area contributed by atoms with Crippen LogP contribution in [-0.4, -0.2) is 20.2 Å². The molecule has 2 aromatic heterocycles. The van der Waals surface area contributed by atoms with Gasteiger partial charge < -0.3 is 4.98 Å². The predicted octanol–water partition coefficient (Wildman–Crippen LogP) is 1.53. The highest BCUT2D eigenvalue weighted by Crippen LogP contribution is 2.55. The van der Waals surface area contributed by atoms with E-state index in [0.29, 0.717) is 11.1 Å². The molecule has 1 saturated carbocycles. The molecule has 0 radical (unpaired) electrons. The lowest BCUT2D eigenvalue weighted by molar-refractivity contribution is 0.934. The Morgan fingerprint density at radius 3 is 2.67 bits per heavy atom. The molecule has 8 heteroatoms. The third-order valence-electron chi connectivity index (χ3n) is 4.66. The minimum absolute atomic E-state index is 0.0599. The molecule has 4 rings (SSSR count). The first-order valence-corrected chi connectivity index (χ1v) is 8.21. The Hall–Kier alpha value is -4.04. The number of H-pyrrole nitrogens is 2. The van der Waals surface area contributed by atoms with Crippen LogP contribution in [0.4, 0.5) is 0 Å². The molecule has 1 unspecified atom stereocenters. The van der Waals surface area contributed by atoms with Gasteiger partial charge in [-0.3, -0.25) is 9.78 Å². The summed E-state index contributed by atoms with van der Waals surface area (Å²) in [6, 6.07) is 13.2. The van der Waals surface area contributed by atoms with Crippen molar-refractivity contribution in [2.45, 2.75) is 18.3 Å². The molecule has 2 N–H and O–H groups in total. The van der Waals surface area contributed by atoms with E-state index in [-0.39, 0.29) is 28.8 Å². The molecule has 2 atom stereocenters. The quantitative estimate of drug-likeness (QED) is 0.729. The minimum Gasteiger partial charge on any atom is -0.313 e. The zero-order valence-corrected chi connectivity index (χ0v) is 13.9. The van der Waals surface area contributed by atoms with Crippen LogP contribution in [0.15, 0.2) is 46.1 Å². The van der Waals surface area contributed by atoms with Gasteiger partial charge in [-0.2, -0.15) is 10.5 Å². The third-order valence-corrected chi connectivity index (χ3v) is 4.66. The van der Waals surface area contributed by atoms with Crippen molar-refractivity contribution in [1.29, 1.82) is 10.5 Å². The van der Waals surface area contributed by atoms with Crippen LogP contribution < -0.4 is 11.2 Å². The van der Waals surface area contributed by atoms with E-state index in [1.807, 2.05) is 24.3 Å². The third kappa shape index (κ3) is 3.00. The van der Waals surface area contributed by atoms with Gasteiger partial charge in [0.1, 0.15) is 11.8 Å². The molecule has 1 fully saturated rings. The lowest BCUT2D eigenvalue weighted by Crippen LogP contribution is -2.23. The van der Waals surface area contributed by atoms with Gasteiger partial charge in [0.2, 0.25) is 0 Å². The molecule has 0 spiro atoms. The van der Waals surface area contributed by atoms with Crippen LogP contribution in [0.2, 0.25) is 0 Å². The Morgan fingerprint density at radius 2 is 1.93 bits per heavy atom. The van der Waals surface area contributed by atoms with Crippen LogP contribution in [-0.2, 0) is 0 Å². The van der Waals surface area contributed by atoms with Crippen LogP contribution in [0, 0.1) is 22.7 Å². The van der Waals surface area contributed by atoms with Crippen LogP contribution in [0.1, 0.15) is 40.6 Å².